The maximum atomic E-state index is 9.74. The van der Waals surface area contributed by atoms with E-state index < -0.39 is 0 Å². The fourth-order valence-electron chi connectivity index (χ4n) is 3.09. The minimum Gasteiger partial charge on any atom is -0.393 e. The monoisotopic (exact) mass is 225 g/mol. The van der Waals surface area contributed by atoms with Gasteiger partial charge < -0.3 is 10.0 Å². The Bertz CT molecular complexity index is 215. The molecule has 3 unspecified atom stereocenters. The predicted molar refractivity (Wildman–Crippen MR) is 67.4 cm³/mol. The van der Waals surface area contributed by atoms with Crippen LogP contribution in [0.25, 0.3) is 0 Å². The number of hydrogen-bond donors (Lipinski definition) is 1. The predicted octanol–water partition coefficient (Wildman–Crippen LogP) is 2.66. The van der Waals surface area contributed by atoms with Crippen molar-refractivity contribution in [1.29, 1.82) is 0 Å². The largest absolute Gasteiger partial charge is 0.393 e. The summed E-state index contributed by atoms with van der Waals surface area (Å²) >= 11 is 0. The lowest BCUT2D eigenvalue weighted by Crippen LogP contribution is -2.43. The Morgan fingerprint density at radius 3 is 2.62 bits per heavy atom. The van der Waals surface area contributed by atoms with Gasteiger partial charge in [-0.15, -0.1) is 0 Å². The Kier molecular flexibility index (Phi) is 4.26. The first-order valence-corrected chi connectivity index (χ1v) is 7.05. The van der Waals surface area contributed by atoms with E-state index in [2.05, 4.69) is 18.9 Å². The zero-order valence-corrected chi connectivity index (χ0v) is 10.9. The molecular formula is C14H27NO. The molecule has 0 aromatic carbocycles. The van der Waals surface area contributed by atoms with Crippen molar-refractivity contribution in [2.75, 3.05) is 13.6 Å². The molecule has 2 nitrogen and oxygen atoms in total. The molecule has 2 aliphatic rings. The topological polar surface area (TPSA) is 23.5 Å². The average molecular weight is 225 g/mol. The minimum absolute atomic E-state index is 0.0490. The van der Waals surface area contributed by atoms with Crippen LogP contribution < -0.4 is 0 Å². The molecule has 2 aliphatic carbocycles. The number of aliphatic hydroxyl groups is 1. The molecular weight excluding hydrogens is 198 g/mol. The first kappa shape index (κ1) is 12.4. The Balaban J connectivity index is 1.70. The molecule has 0 aliphatic heterocycles. The van der Waals surface area contributed by atoms with Gasteiger partial charge in [0.15, 0.2) is 0 Å². The minimum atomic E-state index is -0.0490. The molecule has 16 heavy (non-hydrogen) atoms. The first-order valence-electron chi connectivity index (χ1n) is 7.05. The molecule has 3 atom stereocenters. The summed E-state index contributed by atoms with van der Waals surface area (Å²) in [6, 6.07) is 0.614. The van der Waals surface area contributed by atoms with Gasteiger partial charge in [-0.25, -0.2) is 0 Å². The van der Waals surface area contributed by atoms with Gasteiger partial charge in [-0.1, -0.05) is 19.8 Å². The zero-order valence-electron chi connectivity index (χ0n) is 10.9. The SMILES string of the molecule is CC1CCC(O)CC1N(C)CCCC1CC1. The molecule has 0 bridgehead atoms. The molecule has 2 saturated carbocycles. The van der Waals surface area contributed by atoms with Crippen molar-refractivity contribution in [3.05, 3.63) is 0 Å². The van der Waals surface area contributed by atoms with Crippen molar-refractivity contribution >= 4 is 0 Å². The van der Waals surface area contributed by atoms with Gasteiger partial charge in [0.2, 0.25) is 0 Å². The molecule has 0 heterocycles. The summed E-state index contributed by atoms with van der Waals surface area (Å²) in [7, 11) is 2.24. The normalized spacial score (nSPS) is 35.6. The van der Waals surface area contributed by atoms with Crippen LogP contribution in [0.2, 0.25) is 0 Å². The summed E-state index contributed by atoms with van der Waals surface area (Å²) in [5.74, 6) is 1.82. The van der Waals surface area contributed by atoms with Crippen molar-refractivity contribution in [2.45, 2.75) is 64.0 Å². The summed E-state index contributed by atoms with van der Waals surface area (Å²) in [5.41, 5.74) is 0. The van der Waals surface area contributed by atoms with Gasteiger partial charge in [0, 0.05) is 6.04 Å². The molecule has 0 aromatic heterocycles. The highest BCUT2D eigenvalue weighted by Crippen LogP contribution is 2.34. The lowest BCUT2D eigenvalue weighted by molar-refractivity contribution is 0.0427. The van der Waals surface area contributed by atoms with E-state index in [-0.39, 0.29) is 6.10 Å². The van der Waals surface area contributed by atoms with E-state index in [4.69, 9.17) is 0 Å². The summed E-state index contributed by atoms with van der Waals surface area (Å²) in [6.07, 6.45) is 8.86. The van der Waals surface area contributed by atoms with Crippen molar-refractivity contribution < 1.29 is 5.11 Å². The third-order valence-corrected chi connectivity index (χ3v) is 4.51. The second-order valence-electron chi connectivity index (χ2n) is 6.08. The highest BCUT2D eigenvalue weighted by atomic mass is 16.3. The van der Waals surface area contributed by atoms with Crippen LogP contribution in [0.5, 0.6) is 0 Å². The van der Waals surface area contributed by atoms with Gasteiger partial charge in [-0.2, -0.15) is 0 Å². The Labute approximate surface area is 100 Å². The summed E-state index contributed by atoms with van der Waals surface area (Å²) in [4.78, 5) is 2.50. The van der Waals surface area contributed by atoms with Gasteiger partial charge in [-0.05, 0) is 57.5 Å². The number of rotatable bonds is 5. The Morgan fingerprint density at radius 1 is 1.19 bits per heavy atom. The summed E-state index contributed by atoms with van der Waals surface area (Å²) in [6.45, 7) is 3.56. The molecule has 0 saturated heterocycles. The lowest BCUT2D eigenvalue weighted by atomic mass is 9.83. The molecule has 0 aromatic rings. The smallest absolute Gasteiger partial charge is 0.0555 e. The van der Waals surface area contributed by atoms with Crippen molar-refractivity contribution in [3.63, 3.8) is 0 Å². The maximum Gasteiger partial charge on any atom is 0.0555 e. The Hall–Kier alpha value is -0.0800. The van der Waals surface area contributed by atoms with E-state index in [1.165, 1.54) is 38.6 Å². The second-order valence-corrected chi connectivity index (χ2v) is 6.08. The van der Waals surface area contributed by atoms with Crippen LogP contribution in [0.15, 0.2) is 0 Å². The van der Waals surface area contributed by atoms with Gasteiger partial charge >= 0.3 is 0 Å². The third-order valence-electron chi connectivity index (χ3n) is 4.51. The van der Waals surface area contributed by atoms with Crippen LogP contribution in [-0.2, 0) is 0 Å². The van der Waals surface area contributed by atoms with Crippen LogP contribution in [0, 0.1) is 11.8 Å². The fraction of sp³-hybridized carbons (Fsp3) is 1.00. The molecule has 0 spiro atoms. The van der Waals surface area contributed by atoms with Crippen LogP contribution in [0.1, 0.15) is 51.9 Å². The quantitative estimate of drug-likeness (QED) is 0.777. The fourth-order valence-corrected chi connectivity index (χ4v) is 3.09. The third kappa shape index (κ3) is 3.46. The molecule has 1 N–H and O–H groups in total. The Morgan fingerprint density at radius 2 is 1.94 bits per heavy atom. The molecule has 0 radical (unpaired) electrons. The van der Waals surface area contributed by atoms with E-state index in [1.807, 2.05) is 0 Å². The van der Waals surface area contributed by atoms with E-state index in [0.717, 1.165) is 24.7 Å². The van der Waals surface area contributed by atoms with Crippen molar-refractivity contribution in [3.8, 4) is 0 Å². The lowest BCUT2D eigenvalue weighted by Gasteiger charge is -2.38. The van der Waals surface area contributed by atoms with Crippen LogP contribution in [-0.4, -0.2) is 35.7 Å². The summed E-state index contributed by atoms with van der Waals surface area (Å²) < 4.78 is 0. The van der Waals surface area contributed by atoms with Crippen LogP contribution >= 0.6 is 0 Å². The van der Waals surface area contributed by atoms with Gasteiger partial charge in [0.05, 0.1) is 6.10 Å². The van der Waals surface area contributed by atoms with Crippen LogP contribution in [0.3, 0.4) is 0 Å². The molecule has 94 valence electrons. The van der Waals surface area contributed by atoms with Crippen LogP contribution in [0.4, 0.5) is 0 Å². The molecule has 2 rings (SSSR count). The maximum absolute atomic E-state index is 9.74. The van der Waals surface area contributed by atoms with E-state index in [1.54, 1.807) is 0 Å². The number of nitrogens with zero attached hydrogens (tertiary/aromatic N) is 1. The molecule has 0 amide bonds. The summed E-state index contributed by atoms with van der Waals surface area (Å²) in [5, 5.41) is 9.74. The highest BCUT2D eigenvalue weighted by molar-refractivity contribution is 4.84. The van der Waals surface area contributed by atoms with Gasteiger partial charge in [0.1, 0.15) is 0 Å². The highest BCUT2D eigenvalue weighted by Gasteiger charge is 2.29. The number of aliphatic hydroxyl groups excluding tert-OH is 1. The van der Waals surface area contributed by atoms with E-state index in [0.29, 0.717) is 6.04 Å². The van der Waals surface area contributed by atoms with E-state index in [9.17, 15) is 5.11 Å². The molecule has 2 heteroatoms. The standard InChI is InChI=1S/C14H27NO/c1-11-5-8-13(16)10-14(11)15(2)9-3-4-12-6-7-12/h11-14,16H,3-10H2,1-2H3. The number of hydrogen-bond acceptors (Lipinski definition) is 2. The zero-order chi connectivity index (χ0) is 11.5. The van der Waals surface area contributed by atoms with Gasteiger partial charge in [0.25, 0.3) is 0 Å². The second kappa shape index (κ2) is 5.50. The molecule has 2 fully saturated rings. The van der Waals surface area contributed by atoms with Crippen molar-refractivity contribution in [2.24, 2.45) is 11.8 Å². The first-order chi connectivity index (χ1) is 7.66. The van der Waals surface area contributed by atoms with E-state index >= 15 is 0 Å². The van der Waals surface area contributed by atoms with Crippen molar-refractivity contribution in [1.82, 2.24) is 4.90 Å². The van der Waals surface area contributed by atoms with Gasteiger partial charge in [-0.3, -0.25) is 0 Å². The average Bonchev–Trinajstić information content (AvgIpc) is 3.05.